The second-order valence-corrected chi connectivity index (χ2v) is 5.02. The fraction of sp³-hybridized carbons (Fsp3) is 0.500. The number of nitrogens with two attached hydrogens (primary N) is 1. The highest BCUT2D eigenvalue weighted by molar-refractivity contribution is 5.81. The minimum atomic E-state index is -0.998. The van der Waals surface area contributed by atoms with Crippen molar-refractivity contribution in [1.29, 1.82) is 0 Å². The molecule has 2 atom stereocenters. The molecule has 0 unspecified atom stereocenters. The number of piperidine rings is 1. The van der Waals surface area contributed by atoms with Gasteiger partial charge in [-0.15, -0.1) is 0 Å². The summed E-state index contributed by atoms with van der Waals surface area (Å²) < 4.78 is 31.2. The van der Waals surface area contributed by atoms with Crippen LogP contribution < -0.4 is 10.5 Å². The molecule has 110 valence electrons. The van der Waals surface area contributed by atoms with E-state index in [2.05, 4.69) is 0 Å². The van der Waals surface area contributed by atoms with E-state index in [-0.39, 0.29) is 17.7 Å². The Morgan fingerprint density at radius 2 is 2.20 bits per heavy atom. The fourth-order valence-electron chi connectivity index (χ4n) is 2.27. The van der Waals surface area contributed by atoms with Gasteiger partial charge in [-0.3, -0.25) is 4.79 Å². The Balaban J connectivity index is 1.98. The third kappa shape index (κ3) is 3.45. The van der Waals surface area contributed by atoms with Crippen LogP contribution >= 0.6 is 0 Å². The lowest BCUT2D eigenvalue weighted by atomic mass is 10.1. The number of benzene rings is 1. The number of nitrogens with zero attached hydrogens (tertiary/aromatic N) is 1. The van der Waals surface area contributed by atoms with E-state index in [1.165, 1.54) is 6.07 Å². The van der Waals surface area contributed by atoms with Crippen molar-refractivity contribution in [2.24, 2.45) is 5.73 Å². The van der Waals surface area contributed by atoms with Crippen molar-refractivity contribution < 1.29 is 18.3 Å². The summed E-state index contributed by atoms with van der Waals surface area (Å²) in [6, 6.07) is 3.19. The first-order valence-electron chi connectivity index (χ1n) is 6.63. The number of halogens is 2. The average molecular weight is 284 g/mol. The van der Waals surface area contributed by atoms with E-state index in [0.29, 0.717) is 13.1 Å². The number of rotatable bonds is 3. The number of carbonyl (C=O) groups is 1. The van der Waals surface area contributed by atoms with Crippen LogP contribution in [0.25, 0.3) is 0 Å². The summed E-state index contributed by atoms with van der Waals surface area (Å²) in [6.45, 7) is 2.74. The molecule has 0 spiro atoms. The molecule has 1 saturated heterocycles. The molecule has 6 heteroatoms. The van der Waals surface area contributed by atoms with Crippen LogP contribution in [0.15, 0.2) is 18.2 Å². The van der Waals surface area contributed by atoms with Gasteiger partial charge in [-0.1, -0.05) is 0 Å². The zero-order chi connectivity index (χ0) is 14.7. The standard InChI is InChI=1S/C14H18F2N2O2/c1-9(14(19)18-6-2-3-10(17)8-18)20-11-4-5-12(15)13(16)7-11/h4-5,7,9-10H,2-3,6,8,17H2,1H3/t9-,10-/m1/s1. The maximum absolute atomic E-state index is 13.1. The van der Waals surface area contributed by atoms with Gasteiger partial charge in [0.15, 0.2) is 17.7 Å². The smallest absolute Gasteiger partial charge is 0.263 e. The van der Waals surface area contributed by atoms with E-state index >= 15 is 0 Å². The van der Waals surface area contributed by atoms with Gasteiger partial charge in [0, 0.05) is 25.2 Å². The molecule has 0 saturated carbocycles. The highest BCUT2D eigenvalue weighted by atomic mass is 19.2. The molecule has 0 aliphatic carbocycles. The zero-order valence-electron chi connectivity index (χ0n) is 11.3. The van der Waals surface area contributed by atoms with E-state index in [4.69, 9.17) is 10.5 Å². The predicted molar refractivity (Wildman–Crippen MR) is 70.2 cm³/mol. The fourth-order valence-corrected chi connectivity index (χ4v) is 2.27. The summed E-state index contributed by atoms with van der Waals surface area (Å²) in [5, 5.41) is 0. The van der Waals surface area contributed by atoms with Gasteiger partial charge in [0.2, 0.25) is 0 Å². The Hall–Kier alpha value is -1.69. The molecule has 2 rings (SSSR count). The molecule has 1 heterocycles. The first-order chi connectivity index (χ1) is 9.47. The van der Waals surface area contributed by atoms with Crippen molar-refractivity contribution in [3.8, 4) is 5.75 Å². The first kappa shape index (κ1) is 14.7. The quantitative estimate of drug-likeness (QED) is 0.919. The minimum Gasteiger partial charge on any atom is -0.481 e. The van der Waals surface area contributed by atoms with Crippen LogP contribution in [0.2, 0.25) is 0 Å². The van der Waals surface area contributed by atoms with E-state index in [1.807, 2.05) is 0 Å². The van der Waals surface area contributed by atoms with Crippen LogP contribution in [0.4, 0.5) is 8.78 Å². The van der Waals surface area contributed by atoms with Crippen molar-refractivity contribution in [2.45, 2.75) is 31.9 Å². The summed E-state index contributed by atoms with van der Waals surface area (Å²) in [5.41, 5.74) is 5.83. The molecule has 1 fully saturated rings. The SMILES string of the molecule is C[C@@H](Oc1ccc(F)c(F)c1)C(=O)N1CCC[C@@H](N)C1. The van der Waals surface area contributed by atoms with Gasteiger partial charge in [0.25, 0.3) is 5.91 Å². The monoisotopic (exact) mass is 284 g/mol. The summed E-state index contributed by atoms with van der Waals surface area (Å²) in [7, 11) is 0. The van der Waals surface area contributed by atoms with E-state index in [9.17, 15) is 13.6 Å². The number of carbonyl (C=O) groups excluding carboxylic acids is 1. The van der Waals surface area contributed by atoms with Crippen LogP contribution in [0.3, 0.4) is 0 Å². The third-order valence-electron chi connectivity index (χ3n) is 3.32. The molecule has 0 bridgehead atoms. The summed E-state index contributed by atoms with van der Waals surface area (Å²) >= 11 is 0. The highest BCUT2D eigenvalue weighted by Crippen LogP contribution is 2.18. The van der Waals surface area contributed by atoms with Crippen molar-refractivity contribution in [3.05, 3.63) is 29.8 Å². The highest BCUT2D eigenvalue weighted by Gasteiger charge is 2.26. The van der Waals surface area contributed by atoms with E-state index < -0.39 is 17.7 Å². The maximum atomic E-state index is 13.1. The van der Waals surface area contributed by atoms with Gasteiger partial charge in [-0.25, -0.2) is 8.78 Å². The topological polar surface area (TPSA) is 55.6 Å². The second kappa shape index (κ2) is 6.17. The zero-order valence-corrected chi connectivity index (χ0v) is 11.3. The van der Waals surface area contributed by atoms with Crippen LogP contribution in [0.5, 0.6) is 5.75 Å². The summed E-state index contributed by atoms with van der Waals surface area (Å²) in [6.07, 6.45) is 1.01. The Kier molecular flexibility index (Phi) is 4.54. The summed E-state index contributed by atoms with van der Waals surface area (Å²) in [5.74, 6) is -2.00. The number of likely N-dealkylation sites (tertiary alicyclic amines) is 1. The Bertz CT molecular complexity index is 496. The Morgan fingerprint density at radius 3 is 2.85 bits per heavy atom. The normalized spacial score (nSPS) is 20.6. The molecule has 0 radical (unpaired) electrons. The van der Waals surface area contributed by atoms with E-state index in [1.54, 1.807) is 11.8 Å². The third-order valence-corrected chi connectivity index (χ3v) is 3.32. The lowest BCUT2D eigenvalue weighted by Crippen LogP contribution is -2.49. The molecule has 1 aromatic carbocycles. The second-order valence-electron chi connectivity index (χ2n) is 5.02. The molecule has 1 aromatic rings. The van der Waals surface area contributed by atoms with E-state index in [0.717, 1.165) is 25.0 Å². The summed E-state index contributed by atoms with van der Waals surface area (Å²) in [4.78, 5) is 13.8. The Labute approximate surface area is 116 Å². The molecule has 0 aromatic heterocycles. The van der Waals surface area contributed by atoms with Gasteiger partial charge in [0.05, 0.1) is 0 Å². The lowest BCUT2D eigenvalue weighted by Gasteiger charge is -2.32. The maximum Gasteiger partial charge on any atom is 0.263 e. The predicted octanol–water partition coefficient (Wildman–Crippen LogP) is 1.68. The number of amides is 1. The molecule has 1 aliphatic heterocycles. The van der Waals surface area contributed by atoms with Crippen molar-refractivity contribution in [2.75, 3.05) is 13.1 Å². The molecule has 1 amide bonds. The molecular weight excluding hydrogens is 266 g/mol. The minimum absolute atomic E-state index is 0.0110. The number of ether oxygens (including phenoxy) is 1. The van der Waals surface area contributed by atoms with Gasteiger partial charge in [0.1, 0.15) is 5.75 Å². The largest absolute Gasteiger partial charge is 0.481 e. The van der Waals surface area contributed by atoms with Crippen LogP contribution in [-0.2, 0) is 4.79 Å². The van der Waals surface area contributed by atoms with Gasteiger partial charge < -0.3 is 15.4 Å². The molecule has 2 N–H and O–H groups in total. The molecule has 20 heavy (non-hydrogen) atoms. The lowest BCUT2D eigenvalue weighted by molar-refractivity contribution is -0.139. The van der Waals surface area contributed by atoms with Crippen molar-refractivity contribution in [3.63, 3.8) is 0 Å². The van der Waals surface area contributed by atoms with Crippen LogP contribution in [0.1, 0.15) is 19.8 Å². The average Bonchev–Trinajstić information content (AvgIpc) is 2.42. The number of hydrogen-bond donors (Lipinski definition) is 1. The van der Waals surface area contributed by atoms with Gasteiger partial charge in [-0.2, -0.15) is 0 Å². The molecule has 4 nitrogen and oxygen atoms in total. The van der Waals surface area contributed by atoms with Gasteiger partial charge in [-0.05, 0) is 31.9 Å². The van der Waals surface area contributed by atoms with Crippen molar-refractivity contribution >= 4 is 5.91 Å². The van der Waals surface area contributed by atoms with Crippen LogP contribution in [-0.4, -0.2) is 36.0 Å². The molecule has 1 aliphatic rings. The van der Waals surface area contributed by atoms with Crippen LogP contribution in [0, 0.1) is 11.6 Å². The number of hydrogen-bond acceptors (Lipinski definition) is 3. The van der Waals surface area contributed by atoms with Gasteiger partial charge >= 0.3 is 0 Å². The first-order valence-corrected chi connectivity index (χ1v) is 6.63. The Morgan fingerprint density at radius 1 is 1.45 bits per heavy atom. The molecular formula is C14H18F2N2O2. The van der Waals surface area contributed by atoms with Crippen molar-refractivity contribution in [1.82, 2.24) is 4.90 Å².